The van der Waals surface area contributed by atoms with E-state index in [2.05, 4.69) is 26.2 Å². The molecule has 0 spiro atoms. The first-order valence-corrected chi connectivity index (χ1v) is 16.2. The minimum Gasteiger partial charge on any atom is -0.477 e. The van der Waals surface area contributed by atoms with Crippen molar-refractivity contribution in [2.24, 2.45) is 0 Å². The van der Waals surface area contributed by atoms with Gasteiger partial charge in [-0.1, -0.05) is 42.1 Å². The summed E-state index contributed by atoms with van der Waals surface area (Å²) in [6.07, 6.45) is 0. The molecular formula is C26H30N10O9S2. The van der Waals surface area contributed by atoms with Crippen LogP contribution in [0.15, 0.2) is 46.8 Å². The number of urea groups is 1. The highest BCUT2D eigenvalue weighted by Gasteiger charge is 2.66. The van der Waals surface area contributed by atoms with Crippen molar-refractivity contribution >= 4 is 59.2 Å². The van der Waals surface area contributed by atoms with Gasteiger partial charge in [0.25, 0.3) is 5.91 Å². The van der Waals surface area contributed by atoms with Crippen molar-refractivity contribution in [2.75, 3.05) is 37.7 Å². The van der Waals surface area contributed by atoms with E-state index in [1.165, 1.54) is 21.7 Å². The van der Waals surface area contributed by atoms with Crippen LogP contribution in [-0.2, 0) is 30.5 Å². The number of amides is 6. The molecule has 2 saturated heterocycles. The second-order valence-electron chi connectivity index (χ2n) is 10.3. The van der Waals surface area contributed by atoms with Crippen molar-refractivity contribution < 1.29 is 44.2 Å². The van der Waals surface area contributed by atoms with Gasteiger partial charge in [0.2, 0.25) is 16.7 Å². The molecule has 2 aromatic rings. The molecule has 0 bridgehead atoms. The van der Waals surface area contributed by atoms with E-state index < -0.39 is 52.7 Å². The molecule has 1 unspecified atom stereocenters. The third-order valence-corrected chi connectivity index (χ3v) is 10.1. The van der Waals surface area contributed by atoms with E-state index in [1.54, 1.807) is 25.1 Å². The van der Waals surface area contributed by atoms with Crippen LogP contribution in [0.25, 0.3) is 0 Å². The number of tetrazole rings is 1. The molecule has 6 amide bonds. The van der Waals surface area contributed by atoms with E-state index in [1.807, 2.05) is 5.48 Å². The maximum Gasteiger partial charge on any atom is 0.352 e. The van der Waals surface area contributed by atoms with Crippen LogP contribution in [0.2, 0.25) is 0 Å². The van der Waals surface area contributed by atoms with Crippen molar-refractivity contribution in [2.45, 2.75) is 35.7 Å². The highest BCUT2D eigenvalue weighted by atomic mass is 32.2. The number of imide groups is 1. The third kappa shape index (κ3) is 6.26. The van der Waals surface area contributed by atoms with Gasteiger partial charge in [-0.15, -0.1) is 16.9 Å². The summed E-state index contributed by atoms with van der Waals surface area (Å²) in [5.41, 5.74) is -0.0615. The number of carboxylic acids is 1. The summed E-state index contributed by atoms with van der Waals surface area (Å²) in [7, 11) is 0. The lowest BCUT2D eigenvalue weighted by Crippen LogP contribution is -2.85. The third-order valence-electron chi connectivity index (χ3n) is 7.64. The molecule has 1 aromatic heterocycles. The zero-order valence-corrected chi connectivity index (χ0v) is 26.4. The summed E-state index contributed by atoms with van der Waals surface area (Å²) >= 11 is 2.17. The SMILES string of the molecule is CCN1CCN(C(=O)NC(C(=O)N[C@]2(NO)C(=O)N3C(C(=O)O)=C(CSc4nnnn4CCO)CS[C@@H]32)c2ccccc2)C(=O)C1=O. The second-order valence-corrected chi connectivity index (χ2v) is 12.3. The number of carbonyl (C=O) groups is 6. The van der Waals surface area contributed by atoms with Crippen LogP contribution in [0.5, 0.6) is 0 Å². The minimum atomic E-state index is -2.18. The van der Waals surface area contributed by atoms with Gasteiger partial charge >= 0.3 is 23.8 Å². The molecule has 19 nitrogen and oxygen atoms in total. The number of thioether (sulfide) groups is 2. The molecule has 1 aromatic carbocycles. The molecule has 47 heavy (non-hydrogen) atoms. The largest absolute Gasteiger partial charge is 0.477 e. The molecule has 250 valence electrons. The molecule has 4 heterocycles. The number of aliphatic carboxylic acids is 1. The number of aromatic nitrogens is 4. The number of β-lactam (4-membered cyclic amide) rings is 1. The average molecular weight is 691 g/mol. The summed E-state index contributed by atoms with van der Waals surface area (Å²) in [6, 6.07) is 5.36. The average Bonchev–Trinajstić information content (AvgIpc) is 3.52. The number of aliphatic hydroxyl groups excluding tert-OH is 1. The first-order valence-electron chi connectivity index (χ1n) is 14.2. The van der Waals surface area contributed by atoms with Crippen LogP contribution in [0.4, 0.5) is 4.79 Å². The summed E-state index contributed by atoms with van der Waals surface area (Å²) in [5.74, 6) is -5.12. The van der Waals surface area contributed by atoms with E-state index in [4.69, 9.17) is 0 Å². The van der Waals surface area contributed by atoms with Gasteiger partial charge in [-0.3, -0.25) is 29.0 Å². The predicted molar refractivity (Wildman–Crippen MR) is 161 cm³/mol. The van der Waals surface area contributed by atoms with Gasteiger partial charge in [-0.2, -0.15) is 5.48 Å². The monoisotopic (exact) mass is 690 g/mol. The zero-order valence-electron chi connectivity index (χ0n) is 24.7. The number of piperazine rings is 1. The maximum absolute atomic E-state index is 13.8. The lowest BCUT2D eigenvalue weighted by molar-refractivity contribution is -0.171. The number of hydrogen-bond acceptors (Lipinski definition) is 14. The molecule has 0 aliphatic carbocycles. The summed E-state index contributed by atoms with van der Waals surface area (Å²) in [4.78, 5) is 80.9. The smallest absolute Gasteiger partial charge is 0.352 e. The Morgan fingerprint density at radius 3 is 2.55 bits per heavy atom. The van der Waals surface area contributed by atoms with Crippen molar-refractivity contribution in [3.8, 4) is 0 Å². The van der Waals surface area contributed by atoms with E-state index in [0.717, 1.165) is 28.4 Å². The highest BCUT2D eigenvalue weighted by molar-refractivity contribution is 8.01. The molecule has 0 radical (unpaired) electrons. The standard InChI is InChI=1S/C26H30N10O9S2/c1-2-33-8-9-34(20(40)19(33)39)24(44)27-16(14-6-4-3-5-7-14)18(38)28-26(30-45)22(43)36-17(21(41)42)15(12-46-23(26)36)13-47-25-29-31-32-35(25)10-11-37/h3-7,16,23,30,37,45H,2,8-13H2,1H3,(H,27,44)(H,28,38)(H,41,42)/t16?,23-,26+/m1/s1. The van der Waals surface area contributed by atoms with E-state index >= 15 is 0 Å². The van der Waals surface area contributed by atoms with Crippen LogP contribution >= 0.6 is 23.5 Å². The number of fused-ring (bicyclic) bond motifs is 1. The van der Waals surface area contributed by atoms with Gasteiger partial charge in [0.1, 0.15) is 17.1 Å². The highest BCUT2D eigenvalue weighted by Crippen LogP contribution is 2.46. The van der Waals surface area contributed by atoms with Crippen LogP contribution < -0.4 is 16.1 Å². The van der Waals surface area contributed by atoms with E-state index in [9.17, 15) is 44.2 Å². The molecule has 6 N–H and O–H groups in total. The molecular weight excluding hydrogens is 660 g/mol. The molecule has 5 rings (SSSR count). The number of nitrogens with zero attached hydrogens (tertiary/aromatic N) is 7. The van der Waals surface area contributed by atoms with Crippen LogP contribution in [-0.4, -0.2) is 135 Å². The lowest BCUT2D eigenvalue weighted by Gasteiger charge is -2.56. The topological polar surface area (TPSA) is 253 Å². The van der Waals surface area contributed by atoms with E-state index in [-0.39, 0.29) is 55.6 Å². The summed E-state index contributed by atoms with van der Waals surface area (Å²) < 4.78 is 1.34. The minimum absolute atomic E-state index is 0.0820. The number of carbonyl (C=O) groups excluding carboxylic acids is 5. The quantitative estimate of drug-likeness (QED) is 0.0461. The fourth-order valence-corrected chi connectivity index (χ4v) is 7.70. The molecule has 21 heteroatoms. The molecule has 3 aliphatic heterocycles. The second kappa shape index (κ2) is 14.0. The normalized spacial score (nSPS) is 21.7. The van der Waals surface area contributed by atoms with Gasteiger partial charge in [0, 0.05) is 31.1 Å². The number of hydrogen-bond donors (Lipinski definition) is 6. The first kappa shape index (κ1) is 33.8. The molecule has 2 fully saturated rings. The Kier molecular flexibility index (Phi) is 10.1. The van der Waals surface area contributed by atoms with Gasteiger partial charge < -0.3 is 31.0 Å². The van der Waals surface area contributed by atoms with Crippen LogP contribution in [0, 0.1) is 0 Å². The molecule has 3 aliphatic rings. The predicted octanol–water partition coefficient (Wildman–Crippen LogP) is -2.06. The van der Waals surface area contributed by atoms with Gasteiger partial charge in [0.05, 0.1) is 13.2 Å². The Morgan fingerprint density at radius 2 is 1.89 bits per heavy atom. The number of aliphatic hydroxyl groups is 1. The fourth-order valence-electron chi connectivity index (χ4n) is 5.25. The van der Waals surface area contributed by atoms with Crippen LogP contribution in [0.1, 0.15) is 18.5 Å². The molecule has 3 atom stereocenters. The maximum atomic E-state index is 13.8. The van der Waals surface area contributed by atoms with Crippen molar-refractivity contribution in [3.63, 3.8) is 0 Å². The van der Waals surface area contributed by atoms with Crippen molar-refractivity contribution in [3.05, 3.63) is 47.2 Å². The van der Waals surface area contributed by atoms with E-state index in [0.29, 0.717) is 15.6 Å². The Labute approximate surface area is 274 Å². The van der Waals surface area contributed by atoms with Gasteiger partial charge in [0.15, 0.2) is 0 Å². The Hall–Kier alpha value is -4.57. The Balaban J connectivity index is 1.36. The van der Waals surface area contributed by atoms with Gasteiger partial charge in [-0.25, -0.2) is 14.3 Å². The molecule has 0 saturated carbocycles. The number of likely N-dealkylation sites (N-methyl/N-ethyl adjacent to an activating group) is 1. The lowest BCUT2D eigenvalue weighted by atomic mass is 9.94. The number of benzene rings is 1. The Morgan fingerprint density at radius 1 is 1.15 bits per heavy atom. The summed E-state index contributed by atoms with van der Waals surface area (Å²) in [5, 5.41) is 44.8. The first-order chi connectivity index (χ1) is 22.6. The number of rotatable bonds is 12. The van der Waals surface area contributed by atoms with Crippen molar-refractivity contribution in [1.29, 1.82) is 0 Å². The summed E-state index contributed by atoms with van der Waals surface area (Å²) in [6.45, 7) is 1.88. The number of nitrogens with one attached hydrogen (secondary N) is 3. The fraction of sp³-hybridized carbons (Fsp3) is 0.423. The zero-order chi connectivity index (χ0) is 33.9. The Bertz CT molecular complexity index is 1620. The van der Waals surface area contributed by atoms with Crippen molar-refractivity contribution in [1.82, 2.24) is 51.0 Å². The van der Waals surface area contributed by atoms with Crippen LogP contribution in [0.3, 0.4) is 0 Å². The number of carboxylic acid groups (broad SMARTS) is 1. The number of hydroxylamine groups is 1. The van der Waals surface area contributed by atoms with Gasteiger partial charge in [-0.05, 0) is 28.5 Å².